The van der Waals surface area contributed by atoms with Gasteiger partial charge in [-0.15, -0.1) is 0 Å². The number of carbonyl (C=O) groups excluding carboxylic acids is 5. The lowest BCUT2D eigenvalue weighted by Crippen LogP contribution is -2.49. The highest BCUT2D eigenvalue weighted by atomic mass is 16.5. The molecule has 1 fully saturated rings. The maximum atomic E-state index is 12.7. The zero-order chi connectivity index (χ0) is 38.9. The molecule has 2 heterocycles. The van der Waals surface area contributed by atoms with Gasteiger partial charge in [0.05, 0.1) is 30.8 Å². The number of rotatable bonds is 12. The molecule has 0 radical (unpaired) electrons. The van der Waals surface area contributed by atoms with Gasteiger partial charge in [-0.05, 0) is 85.5 Å². The second-order valence-electron chi connectivity index (χ2n) is 13.9. The smallest absolute Gasteiger partial charge is 0.234 e. The van der Waals surface area contributed by atoms with E-state index in [1.165, 1.54) is 16.9 Å². The van der Waals surface area contributed by atoms with E-state index >= 15 is 0 Å². The number of hydrogen-bond donors (Lipinski definition) is 2. The average Bonchev–Trinajstić information content (AvgIpc) is 3.48. The van der Waals surface area contributed by atoms with E-state index in [1.54, 1.807) is 19.1 Å². The summed E-state index contributed by atoms with van der Waals surface area (Å²) in [7, 11) is 5.33. The number of nitrogens with one attached hydrogen (secondary N) is 1. The van der Waals surface area contributed by atoms with Crippen LogP contribution in [0.5, 0.6) is 5.75 Å². The number of primary amides is 1. The minimum atomic E-state index is -0.501. The molecule has 0 aromatic heterocycles. The molecular weight excluding hydrogens is 638 g/mol. The molecule has 0 spiro atoms. The van der Waals surface area contributed by atoms with Crippen molar-refractivity contribution in [3.63, 3.8) is 0 Å². The molecule has 3 amide bonds. The number of benzene rings is 1. The molecule has 3 atom stereocenters. The van der Waals surface area contributed by atoms with E-state index in [1.807, 2.05) is 86.4 Å². The Morgan fingerprint density at radius 1 is 1.10 bits per heavy atom. The summed E-state index contributed by atoms with van der Waals surface area (Å²) >= 11 is 0. The van der Waals surface area contributed by atoms with Crippen LogP contribution in [0.3, 0.4) is 0 Å². The first-order valence-electron chi connectivity index (χ1n) is 17.8. The molecule has 0 aliphatic carbocycles. The number of fused-ring (bicyclic) bond motifs is 1. The summed E-state index contributed by atoms with van der Waals surface area (Å²) in [5.41, 5.74) is 6.32. The largest absolute Gasteiger partial charge is 0.493 e. The van der Waals surface area contributed by atoms with Crippen LogP contribution in [-0.2, 0) is 35.1 Å². The van der Waals surface area contributed by atoms with Crippen molar-refractivity contribution in [1.82, 2.24) is 20.0 Å². The molecule has 3 N–H and O–H groups in total. The Morgan fingerprint density at radius 2 is 1.70 bits per heavy atom. The van der Waals surface area contributed by atoms with Crippen molar-refractivity contribution >= 4 is 30.8 Å². The number of para-hydroxylation sites is 1. The number of hydrogen-bond acceptors (Lipinski definition) is 9. The van der Waals surface area contributed by atoms with Gasteiger partial charge in [-0.2, -0.15) is 0 Å². The third-order valence-electron chi connectivity index (χ3n) is 8.08. The molecule has 0 saturated carbocycles. The van der Waals surface area contributed by atoms with Gasteiger partial charge in [0.2, 0.25) is 18.2 Å². The number of aryl methyl sites for hydroxylation is 1. The number of likely N-dealkylation sites (tertiary alicyclic amines) is 1. The van der Waals surface area contributed by atoms with E-state index in [-0.39, 0.29) is 42.1 Å². The first-order valence-corrected chi connectivity index (χ1v) is 17.8. The Balaban J connectivity index is 0. The van der Waals surface area contributed by atoms with Crippen molar-refractivity contribution in [2.24, 2.45) is 11.1 Å². The summed E-state index contributed by atoms with van der Waals surface area (Å²) in [4.78, 5) is 60.0. The fraction of sp³-hybridized carbons (Fsp3) is 0.711. The second kappa shape index (κ2) is 26.5. The fourth-order valence-corrected chi connectivity index (χ4v) is 4.84. The molecule has 0 bridgehead atoms. The summed E-state index contributed by atoms with van der Waals surface area (Å²) in [6, 6.07) is 7.88. The number of nitrogens with zero attached hydrogens (tertiary/aromatic N) is 3. The molecule has 3 rings (SSSR count). The monoisotopic (exact) mass is 708 g/mol. The van der Waals surface area contributed by atoms with Crippen LogP contribution in [0.15, 0.2) is 24.3 Å². The summed E-state index contributed by atoms with van der Waals surface area (Å²) in [6.45, 7) is 20.1. The molecule has 2 aliphatic rings. The van der Waals surface area contributed by atoms with Gasteiger partial charge in [0.15, 0.2) is 0 Å². The first-order chi connectivity index (χ1) is 23.5. The zero-order valence-electron chi connectivity index (χ0n) is 33.1. The highest BCUT2D eigenvalue weighted by Crippen LogP contribution is 2.26. The van der Waals surface area contributed by atoms with E-state index in [2.05, 4.69) is 17.4 Å². The molecule has 50 heavy (non-hydrogen) atoms. The van der Waals surface area contributed by atoms with Crippen LogP contribution in [-0.4, -0.2) is 123 Å². The Hall–Kier alpha value is -3.35. The van der Waals surface area contributed by atoms with Gasteiger partial charge in [0.1, 0.15) is 18.3 Å². The third-order valence-corrected chi connectivity index (χ3v) is 8.08. The second-order valence-corrected chi connectivity index (χ2v) is 13.9. The van der Waals surface area contributed by atoms with Crippen molar-refractivity contribution in [1.29, 1.82) is 0 Å². The van der Waals surface area contributed by atoms with Crippen LogP contribution in [0, 0.1) is 5.41 Å². The van der Waals surface area contributed by atoms with E-state index < -0.39 is 5.41 Å². The molecule has 1 aromatic carbocycles. The van der Waals surface area contributed by atoms with Crippen LogP contribution >= 0.6 is 0 Å². The maximum absolute atomic E-state index is 12.7. The topological polar surface area (TPSA) is 152 Å². The van der Waals surface area contributed by atoms with Crippen LogP contribution in [0.2, 0.25) is 0 Å². The van der Waals surface area contributed by atoms with E-state index in [0.717, 1.165) is 44.3 Å². The SMILES string of the molecule is CC.CCN(C=O)CC=O.CNC(C=O)CN(CCC1CCC(C(N)=O)N1C)C(=O)C(C)(C)C.COC(C)(C)C.c1ccc2c(c1)CCCO2. The Bertz CT molecular complexity index is 1080. The molecule has 12 heteroatoms. The summed E-state index contributed by atoms with van der Waals surface area (Å²) in [5.74, 6) is 0.810. The minimum absolute atomic E-state index is 0.0247. The van der Waals surface area contributed by atoms with Gasteiger partial charge in [-0.3, -0.25) is 19.3 Å². The van der Waals surface area contributed by atoms with Crippen LogP contribution in [0.4, 0.5) is 0 Å². The normalized spacial score (nSPS) is 17.0. The van der Waals surface area contributed by atoms with Crippen molar-refractivity contribution in [3.8, 4) is 5.75 Å². The van der Waals surface area contributed by atoms with Gasteiger partial charge in [0.25, 0.3) is 0 Å². The van der Waals surface area contributed by atoms with Crippen molar-refractivity contribution in [3.05, 3.63) is 29.8 Å². The Morgan fingerprint density at radius 3 is 2.10 bits per heavy atom. The van der Waals surface area contributed by atoms with Crippen molar-refractivity contribution in [2.75, 3.05) is 54.0 Å². The van der Waals surface area contributed by atoms with Crippen LogP contribution in [0.25, 0.3) is 0 Å². The Labute approximate surface area is 302 Å². The van der Waals surface area contributed by atoms with Gasteiger partial charge < -0.3 is 39.9 Å². The van der Waals surface area contributed by atoms with Gasteiger partial charge in [-0.1, -0.05) is 52.8 Å². The van der Waals surface area contributed by atoms with E-state index in [9.17, 15) is 24.0 Å². The molecule has 1 saturated heterocycles. The summed E-state index contributed by atoms with van der Waals surface area (Å²) in [5, 5.41) is 2.91. The maximum Gasteiger partial charge on any atom is 0.234 e. The quantitative estimate of drug-likeness (QED) is 0.306. The molecule has 2 aliphatic heterocycles. The number of methoxy groups -OCH3 is 1. The van der Waals surface area contributed by atoms with Crippen LogP contribution in [0.1, 0.15) is 93.6 Å². The minimum Gasteiger partial charge on any atom is -0.493 e. The lowest BCUT2D eigenvalue weighted by atomic mass is 9.94. The predicted octanol–water partition coefficient (Wildman–Crippen LogP) is 4.12. The van der Waals surface area contributed by atoms with Gasteiger partial charge in [0, 0.05) is 38.2 Å². The summed E-state index contributed by atoms with van der Waals surface area (Å²) < 4.78 is 10.4. The number of nitrogens with two attached hydrogens (primary N) is 1. The number of aldehydes is 2. The molecule has 12 nitrogen and oxygen atoms in total. The molecule has 3 unspecified atom stereocenters. The molecular formula is C38H69N5O7. The lowest BCUT2D eigenvalue weighted by Gasteiger charge is -2.33. The number of ether oxygens (including phenoxy) is 2. The molecule has 1 aromatic rings. The van der Waals surface area contributed by atoms with Crippen molar-refractivity contribution in [2.45, 2.75) is 118 Å². The first kappa shape index (κ1) is 48.8. The number of carbonyl (C=O) groups is 5. The van der Waals surface area contributed by atoms with E-state index in [4.69, 9.17) is 15.2 Å². The third kappa shape index (κ3) is 20.4. The predicted molar refractivity (Wildman–Crippen MR) is 201 cm³/mol. The molecule has 288 valence electrons. The van der Waals surface area contributed by atoms with Gasteiger partial charge in [-0.25, -0.2) is 0 Å². The highest BCUT2D eigenvalue weighted by Gasteiger charge is 2.35. The van der Waals surface area contributed by atoms with E-state index in [0.29, 0.717) is 32.3 Å². The zero-order valence-corrected chi connectivity index (χ0v) is 33.1. The van der Waals surface area contributed by atoms with Gasteiger partial charge >= 0.3 is 0 Å². The number of likely N-dealkylation sites (N-methyl/N-ethyl adjacent to an activating group) is 3. The summed E-state index contributed by atoms with van der Waals surface area (Å²) in [6.07, 6.45) is 6.95. The standard InChI is InChI=1S/C17H32N4O3.C9H10O.C5H9NO2.C5H12O.C2H6/c1-17(2,3)16(24)21(10-12(11-22)19-4)9-8-13-6-7-14(15(18)23)20(13)5;1-2-6-9-8(4-1)5-3-7-10-9;1-2-6(5-8)3-4-7;1-5(2,3)6-4;1-2/h11-14,19H,6-10H2,1-5H3,(H2,18,23);1-2,4,6H,3,5,7H2;4-5H,2-3H2,1H3;1-4H3;1-2H3. The lowest BCUT2D eigenvalue weighted by molar-refractivity contribution is -0.140. The Kier molecular flexibility index (Phi) is 25.8. The average molecular weight is 708 g/mol. The van der Waals surface area contributed by atoms with Crippen molar-refractivity contribution < 1.29 is 33.4 Å². The number of amides is 3. The fourth-order valence-electron chi connectivity index (χ4n) is 4.84. The van der Waals surface area contributed by atoms with Crippen LogP contribution < -0.4 is 15.8 Å². The highest BCUT2D eigenvalue weighted by molar-refractivity contribution is 5.82.